The van der Waals surface area contributed by atoms with Gasteiger partial charge in [-0.1, -0.05) is 24.6 Å². The number of benzene rings is 3. The van der Waals surface area contributed by atoms with Gasteiger partial charge in [0.25, 0.3) is 5.91 Å². The number of carbonyl (C=O) groups excluding carboxylic acids is 3. The lowest BCUT2D eigenvalue weighted by molar-refractivity contribution is -0.136. The summed E-state index contributed by atoms with van der Waals surface area (Å²) in [5.41, 5.74) is 4.66. The highest BCUT2D eigenvalue weighted by Crippen LogP contribution is 2.33. The van der Waals surface area contributed by atoms with Crippen LogP contribution in [-0.2, 0) is 14.4 Å². The Balaban J connectivity index is 1.54. The van der Waals surface area contributed by atoms with Gasteiger partial charge in [0.1, 0.15) is 5.75 Å². The van der Waals surface area contributed by atoms with Crippen molar-refractivity contribution in [2.45, 2.75) is 20.3 Å². The molecular formula is C28H28ClIN4O6. The van der Waals surface area contributed by atoms with Crippen LogP contribution in [0.5, 0.6) is 17.2 Å². The summed E-state index contributed by atoms with van der Waals surface area (Å²) in [5.74, 6) is -0.787. The van der Waals surface area contributed by atoms with Crippen LogP contribution in [0.2, 0.25) is 5.02 Å². The molecule has 0 atom stereocenters. The second kappa shape index (κ2) is 15.1. The third-order valence-corrected chi connectivity index (χ3v) is 6.43. The maximum absolute atomic E-state index is 12.4. The molecule has 12 heteroatoms. The lowest BCUT2D eigenvalue weighted by Gasteiger charge is -2.14. The van der Waals surface area contributed by atoms with E-state index in [1.54, 1.807) is 48.5 Å². The van der Waals surface area contributed by atoms with E-state index in [9.17, 15) is 14.4 Å². The summed E-state index contributed by atoms with van der Waals surface area (Å²) in [6.45, 7) is 4.21. The fraction of sp³-hybridized carbons (Fsp3) is 0.214. The maximum atomic E-state index is 12.4. The minimum absolute atomic E-state index is 0.259. The lowest BCUT2D eigenvalue weighted by atomic mass is 10.2. The number of rotatable bonds is 11. The number of aryl methyl sites for hydroxylation is 1. The van der Waals surface area contributed by atoms with Crippen molar-refractivity contribution in [1.29, 1.82) is 0 Å². The van der Waals surface area contributed by atoms with Gasteiger partial charge in [-0.2, -0.15) is 5.10 Å². The molecule has 0 saturated heterocycles. The first-order valence-corrected chi connectivity index (χ1v) is 13.6. The van der Waals surface area contributed by atoms with E-state index in [0.717, 1.165) is 12.0 Å². The molecule has 40 heavy (non-hydrogen) atoms. The van der Waals surface area contributed by atoms with Crippen molar-refractivity contribution >= 4 is 69.5 Å². The van der Waals surface area contributed by atoms with Crippen molar-refractivity contribution in [2.75, 3.05) is 31.0 Å². The van der Waals surface area contributed by atoms with Gasteiger partial charge in [0, 0.05) is 16.4 Å². The number of nitrogens with one attached hydrogen (secondary N) is 3. The SMILES string of the molecule is CCCOc1ccc(NC(=O)C(=O)N/N=C\c2cc(I)c(OCC(=O)Nc3ccc(C)c(Cl)c3)c(OC)c2)cc1. The molecular weight excluding hydrogens is 651 g/mol. The topological polar surface area (TPSA) is 127 Å². The minimum Gasteiger partial charge on any atom is -0.494 e. The van der Waals surface area contributed by atoms with Crippen LogP contribution < -0.4 is 30.3 Å². The predicted molar refractivity (Wildman–Crippen MR) is 163 cm³/mol. The molecule has 0 fully saturated rings. The van der Waals surface area contributed by atoms with Crippen LogP contribution in [0.25, 0.3) is 0 Å². The zero-order valence-corrected chi connectivity index (χ0v) is 25.0. The number of anilines is 2. The number of carbonyl (C=O) groups is 3. The van der Waals surface area contributed by atoms with Gasteiger partial charge >= 0.3 is 11.8 Å². The number of amides is 3. The molecule has 0 heterocycles. The van der Waals surface area contributed by atoms with Crippen molar-refractivity contribution < 1.29 is 28.6 Å². The normalized spacial score (nSPS) is 10.6. The number of hydrogen-bond acceptors (Lipinski definition) is 7. The Bertz CT molecular complexity index is 1400. The summed E-state index contributed by atoms with van der Waals surface area (Å²) in [7, 11) is 1.46. The van der Waals surface area contributed by atoms with E-state index in [2.05, 4.69) is 21.2 Å². The summed E-state index contributed by atoms with van der Waals surface area (Å²) in [4.78, 5) is 36.7. The molecule has 0 radical (unpaired) electrons. The Kier molecular flexibility index (Phi) is 11.6. The summed E-state index contributed by atoms with van der Waals surface area (Å²) in [6.07, 6.45) is 2.24. The number of methoxy groups -OCH3 is 1. The maximum Gasteiger partial charge on any atom is 0.329 e. The van der Waals surface area contributed by atoms with E-state index >= 15 is 0 Å². The molecule has 3 aromatic carbocycles. The van der Waals surface area contributed by atoms with Crippen LogP contribution in [0.4, 0.5) is 11.4 Å². The minimum atomic E-state index is -0.940. The zero-order chi connectivity index (χ0) is 29.1. The second-order valence-electron chi connectivity index (χ2n) is 8.36. The highest BCUT2D eigenvalue weighted by molar-refractivity contribution is 14.1. The van der Waals surface area contributed by atoms with Crippen molar-refractivity contribution in [3.05, 3.63) is 74.3 Å². The van der Waals surface area contributed by atoms with Crippen LogP contribution in [0.15, 0.2) is 59.7 Å². The van der Waals surface area contributed by atoms with Crippen LogP contribution in [0.1, 0.15) is 24.5 Å². The molecule has 0 unspecified atom stereocenters. The molecule has 210 valence electrons. The van der Waals surface area contributed by atoms with Crippen LogP contribution in [0, 0.1) is 10.5 Å². The Morgan fingerprint density at radius 2 is 1.70 bits per heavy atom. The Morgan fingerprint density at radius 3 is 2.38 bits per heavy atom. The van der Waals surface area contributed by atoms with Crippen molar-refractivity contribution in [3.8, 4) is 17.2 Å². The zero-order valence-electron chi connectivity index (χ0n) is 22.0. The average Bonchev–Trinajstić information content (AvgIpc) is 2.93. The smallest absolute Gasteiger partial charge is 0.329 e. The van der Waals surface area contributed by atoms with Gasteiger partial charge in [0.15, 0.2) is 18.1 Å². The van der Waals surface area contributed by atoms with Crippen LogP contribution in [-0.4, -0.2) is 44.3 Å². The van der Waals surface area contributed by atoms with Crippen LogP contribution >= 0.6 is 34.2 Å². The summed E-state index contributed by atoms with van der Waals surface area (Å²) < 4.78 is 17.2. The summed E-state index contributed by atoms with van der Waals surface area (Å²) in [6, 6.07) is 15.2. The molecule has 3 N–H and O–H groups in total. The third kappa shape index (κ3) is 9.12. The summed E-state index contributed by atoms with van der Waals surface area (Å²) >= 11 is 8.14. The molecule has 0 aromatic heterocycles. The fourth-order valence-electron chi connectivity index (χ4n) is 3.22. The monoisotopic (exact) mass is 678 g/mol. The van der Waals surface area contributed by atoms with E-state index in [1.165, 1.54) is 13.3 Å². The fourth-order valence-corrected chi connectivity index (χ4v) is 4.18. The molecule has 0 bridgehead atoms. The van der Waals surface area contributed by atoms with E-state index in [4.69, 9.17) is 25.8 Å². The first-order chi connectivity index (χ1) is 19.2. The predicted octanol–water partition coefficient (Wildman–Crippen LogP) is 5.16. The van der Waals surface area contributed by atoms with E-state index in [-0.39, 0.29) is 12.5 Å². The molecule has 0 spiro atoms. The quantitative estimate of drug-likeness (QED) is 0.111. The van der Waals surface area contributed by atoms with E-state index in [0.29, 0.717) is 49.4 Å². The number of ether oxygens (including phenoxy) is 3. The van der Waals surface area contributed by atoms with Gasteiger partial charge in [0.05, 0.1) is 23.5 Å². The van der Waals surface area contributed by atoms with Gasteiger partial charge in [0.2, 0.25) is 0 Å². The molecule has 0 aliphatic heterocycles. The Labute approximate surface area is 250 Å². The van der Waals surface area contributed by atoms with Crippen LogP contribution in [0.3, 0.4) is 0 Å². The van der Waals surface area contributed by atoms with Gasteiger partial charge in [-0.25, -0.2) is 5.43 Å². The molecule has 3 aromatic rings. The number of hydrazone groups is 1. The van der Waals surface area contributed by atoms with E-state index in [1.807, 2.05) is 42.5 Å². The lowest BCUT2D eigenvalue weighted by Crippen LogP contribution is -2.32. The molecule has 3 rings (SSSR count). The molecule has 0 saturated carbocycles. The third-order valence-electron chi connectivity index (χ3n) is 5.23. The Hall–Kier alpha value is -3.84. The largest absolute Gasteiger partial charge is 0.494 e. The van der Waals surface area contributed by atoms with Crippen molar-refractivity contribution in [1.82, 2.24) is 5.43 Å². The van der Waals surface area contributed by atoms with Crippen molar-refractivity contribution in [3.63, 3.8) is 0 Å². The Morgan fingerprint density at radius 1 is 0.975 bits per heavy atom. The molecule has 0 aliphatic rings. The summed E-state index contributed by atoms with van der Waals surface area (Å²) in [5, 5.41) is 9.63. The molecule has 10 nitrogen and oxygen atoms in total. The highest BCUT2D eigenvalue weighted by atomic mass is 127. The first-order valence-electron chi connectivity index (χ1n) is 12.1. The first kappa shape index (κ1) is 30.7. The average molecular weight is 679 g/mol. The molecule has 3 amide bonds. The number of hydrogen-bond donors (Lipinski definition) is 3. The van der Waals surface area contributed by atoms with Gasteiger partial charge in [-0.05, 0) is 95.6 Å². The van der Waals surface area contributed by atoms with E-state index < -0.39 is 11.8 Å². The standard InChI is InChI=1S/C28H28ClIN4O6/c1-4-11-39-21-9-7-19(8-10-21)33-27(36)28(37)34-31-15-18-12-23(30)26(24(13-18)38-3)40-16-25(35)32-20-6-5-17(2)22(29)14-20/h5-10,12-15H,4,11,16H2,1-3H3,(H,32,35)(H,33,36)(H,34,37)/b31-15-. The molecule has 0 aliphatic carbocycles. The van der Waals surface area contributed by atoms with Gasteiger partial charge in [-0.15, -0.1) is 0 Å². The van der Waals surface area contributed by atoms with Crippen molar-refractivity contribution in [2.24, 2.45) is 5.10 Å². The number of halogens is 2. The highest BCUT2D eigenvalue weighted by Gasteiger charge is 2.15. The van der Waals surface area contributed by atoms with Gasteiger partial charge < -0.3 is 24.8 Å². The number of nitrogens with zero attached hydrogens (tertiary/aromatic N) is 1. The van der Waals surface area contributed by atoms with Gasteiger partial charge in [-0.3, -0.25) is 14.4 Å². The second-order valence-corrected chi connectivity index (χ2v) is 9.93.